The van der Waals surface area contributed by atoms with Crippen molar-refractivity contribution >= 4 is 44.1 Å². The summed E-state index contributed by atoms with van der Waals surface area (Å²) in [6.45, 7) is 0. The molecule has 4 rings (SSSR count). The number of hydrogen-bond donors (Lipinski definition) is 2. The van der Waals surface area contributed by atoms with Crippen molar-refractivity contribution in [3.63, 3.8) is 0 Å². The molecular formula is C21H14F3N5O3S. The predicted octanol–water partition coefficient (Wildman–Crippen LogP) is 5.59. The minimum Gasteiger partial charge on any atom is -0.337 e. The lowest BCUT2D eigenvalue weighted by molar-refractivity contribution is -0.137. The number of anilines is 3. The standard InChI is InChI=1S/C21H14F3N5O3S/c22-21(23,24)13-4-3-5-15(12-13)25-19-20(27-18-7-2-1-6-17(18)26-19)29-33(31,32)16-10-8-14(28-30)9-11-16/h1-12H,(H,25,26)(H,27,29). The molecular weight excluding hydrogens is 459 g/mol. The van der Waals surface area contributed by atoms with Crippen LogP contribution < -0.4 is 10.0 Å². The van der Waals surface area contributed by atoms with E-state index in [0.29, 0.717) is 11.0 Å². The number of nitrogens with one attached hydrogen (secondary N) is 2. The van der Waals surface area contributed by atoms with E-state index >= 15 is 0 Å². The molecule has 0 aliphatic rings. The lowest BCUT2D eigenvalue weighted by atomic mass is 10.2. The van der Waals surface area contributed by atoms with Gasteiger partial charge in [0.15, 0.2) is 11.6 Å². The Hall–Kier alpha value is -4.06. The fourth-order valence-electron chi connectivity index (χ4n) is 2.94. The van der Waals surface area contributed by atoms with Crippen LogP contribution in [-0.4, -0.2) is 18.4 Å². The average Bonchev–Trinajstić information content (AvgIpc) is 2.79. The maximum atomic E-state index is 13.1. The van der Waals surface area contributed by atoms with Crippen molar-refractivity contribution in [1.82, 2.24) is 9.97 Å². The van der Waals surface area contributed by atoms with Crippen LogP contribution in [0.1, 0.15) is 5.56 Å². The Bertz CT molecular complexity index is 1440. The average molecular weight is 473 g/mol. The Labute approximate surface area is 185 Å². The van der Waals surface area contributed by atoms with Crippen LogP contribution in [0.5, 0.6) is 0 Å². The minimum absolute atomic E-state index is 0.0382. The third-order valence-corrected chi connectivity index (χ3v) is 5.86. The van der Waals surface area contributed by atoms with Gasteiger partial charge in [0.1, 0.15) is 5.69 Å². The molecule has 0 bridgehead atoms. The largest absolute Gasteiger partial charge is 0.416 e. The molecule has 2 N–H and O–H groups in total. The highest BCUT2D eigenvalue weighted by Crippen LogP contribution is 2.33. The zero-order valence-electron chi connectivity index (χ0n) is 16.5. The van der Waals surface area contributed by atoms with Crippen molar-refractivity contribution in [3.8, 4) is 0 Å². The first-order valence-electron chi connectivity index (χ1n) is 9.33. The highest BCUT2D eigenvalue weighted by atomic mass is 32.2. The van der Waals surface area contributed by atoms with Gasteiger partial charge in [0.05, 0.1) is 21.5 Å². The van der Waals surface area contributed by atoms with Gasteiger partial charge < -0.3 is 5.32 Å². The second-order valence-corrected chi connectivity index (χ2v) is 8.49. The Morgan fingerprint density at radius 3 is 2.06 bits per heavy atom. The van der Waals surface area contributed by atoms with Crippen molar-refractivity contribution in [1.29, 1.82) is 0 Å². The summed E-state index contributed by atoms with van der Waals surface area (Å²) >= 11 is 0. The molecule has 0 amide bonds. The summed E-state index contributed by atoms with van der Waals surface area (Å²) in [5, 5.41) is 5.43. The molecule has 0 radical (unpaired) electrons. The number of aromatic nitrogens is 2. The molecule has 0 saturated carbocycles. The zero-order valence-corrected chi connectivity index (χ0v) is 17.4. The van der Waals surface area contributed by atoms with E-state index in [-0.39, 0.29) is 27.9 Å². The SMILES string of the molecule is O=Nc1ccc(S(=O)(=O)Nc2nc3ccccc3nc2Nc2cccc(C(F)(F)F)c2)cc1. The normalized spacial score (nSPS) is 11.8. The number of halogens is 3. The van der Waals surface area contributed by atoms with E-state index in [1.54, 1.807) is 24.3 Å². The molecule has 8 nitrogen and oxygen atoms in total. The third-order valence-electron chi connectivity index (χ3n) is 4.51. The smallest absolute Gasteiger partial charge is 0.337 e. The summed E-state index contributed by atoms with van der Waals surface area (Å²) in [6.07, 6.45) is -4.56. The molecule has 4 aromatic rings. The van der Waals surface area contributed by atoms with Crippen LogP contribution >= 0.6 is 0 Å². The van der Waals surface area contributed by atoms with Gasteiger partial charge in [0, 0.05) is 5.69 Å². The van der Waals surface area contributed by atoms with Gasteiger partial charge >= 0.3 is 6.18 Å². The number of para-hydroxylation sites is 2. The molecule has 0 spiro atoms. The van der Waals surface area contributed by atoms with Crippen molar-refractivity contribution < 1.29 is 21.6 Å². The van der Waals surface area contributed by atoms with Crippen molar-refractivity contribution in [3.05, 3.63) is 83.3 Å². The fourth-order valence-corrected chi connectivity index (χ4v) is 3.95. The first kappa shape index (κ1) is 22.1. The molecule has 0 saturated heterocycles. The van der Waals surface area contributed by atoms with E-state index in [9.17, 15) is 26.5 Å². The molecule has 1 heterocycles. The predicted molar refractivity (Wildman–Crippen MR) is 117 cm³/mol. The summed E-state index contributed by atoms with van der Waals surface area (Å²) in [4.78, 5) is 19.0. The van der Waals surface area contributed by atoms with E-state index in [4.69, 9.17) is 0 Å². The van der Waals surface area contributed by atoms with Crippen LogP contribution in [-0.2, 0) is 16.2 Å². The highest BCUT2D eigenvalue weighted by molar-refractivity contribution is 7.92. The van der Waals surface area contributed by atoms with Crippen molar-refractivity contribution in [2.24, 2.45) is 5.18 Å². The molecule has 1 aromatic heterocycles. The van der Waals surface area contributed by atoms with E-state index in [1.165, 1.54) is 36.4 Å². The van der Waals surface area contributed by atoms with Gasteiger partial charge in [-0.2, -0.15) is 13.2 Å². The molecule has 33 heavy (non-hydrogen) atoms. The van der Waals surface area contributed by atoms with Gasteiger partial charge in [0.2, 0.25) is 0 Å². The third kappa shape index (κ3) is 4.90. The minimum atomic E-state index is -4.56. The van der Waals surface area contributed by atoms with E-state index in [0.717, 1.165) is 12.1 Å². The molecule has 0 unspecified atom stereocenters. The quantitative estimate of drug-likeness (QED) is 0.353. The maximum absolute atomic E-state index is 13.1. The van der Waals surface area contributed by atoms with E-state index in [1.807, 2.05) is 0 Å². The van der Waals surface area contributed by atoms with Gasteiger partial charge in [0.25, 0.3) is 10.0 Å². The zero-order chi connectivity index (χ0) is 23.6. The lowest BCUT2D eigenvalue weighted by Crippen LogP contribution is -2.16. The lowest BCUT2D eigenvalue weighted by Gasteiger charge is -2.15. The van der Waals surface area contributed by atoms with Gasteiger partial charge in [-0.05, 0) is 59.8 Å². The van der Waals surface area contributed by atoms with Crippen LogP contribution in [0.15, 0.2) is 82.9 Å². The fraction of sp³-hybridized carbons (Fsp3) is 0.0476. The van der Waals surface area contributed by atoms with E-state index in [2.05, 4.69) is 25.2 Å². The van der Waals surface area contributed by atoms with Gasteiger partial charge in [-0.25, -0.2) is 18.4 Å². The monoisotopic (exact) mass is 473 g/mol. The molecule has 0 atom stereocenters. The summed E-state index contributed by atoms with van der Waals surface area (Å²) in [5.41, 5.74) is -0.0310. The van der Waals surface area contributed by atoms with Crippen LogP contribution in [0.4, 0.5) is 36.2 Å². The van der Waals surface area contributed by atoms with Gasteiger partial charge in [-0.3, -0.25) is 4.72 Å². The Balaban J connectivity index is 1.76. The Morgan fingerprint density at radius 1 is 0.818 bits per heavy atom. The Kier molecular flexibility index (Phi) is 5.68. The van der Waals surface area contributed by atoms with Gasteiger partial charge in [-0.1, -0.05) is 18.2 Å². The molecule has 168 valence electrons. The van der Waals surface area contributed by atoms with Crippen LogP contribution in [0.25, 0.3) is 11.0 Å². The van der Waals surface area contributed by atoms with Crippen LogP contribution in [0.3, 0.4) is 0 Å². The number of fused-ring (bicyclic) bond motifs is 1. The number of alkyl halides is 3. The summed E-state index contributed by atoms with van der Waals surface area (Å²) < 4.78 is 67.3. The summed E-state index contributed by atoms with van der Waals surface area (Å²) in [5.74, 6) is -0.313. The van der Waals surface area contributed by atoms with Crippen molar-refractivity contribution in [2.45, 2.75) is 11.1 Å². The second-order valence-electron chi connectivity index (χ2n) is 6.80. The number of sulfonamides is 1. The molecule has 0 aliphatic heterocycles. The summed E-state index contributed by atoms with van der Waals surface area (Å²) in [7, 11) is -4.17. The van der Waals surface area contributed by atoms with Crippen LogP contribution in [0, 0.1) is 4.91 Å². The molecule has 0 aliphatic carbocycles. The van der Waals surface area contributed by atoms with Crippen molar-refractivity contribution in [2.75, 3.05) is 10.0 Å². The topological polar surface area (TPSA) is 113 Å². The molecule has 0 fully saturated rings. The van der Waals surface area contributed by atoms with Gasteiger partial charge in [-0.15, -0.1) is 4.91 Å². The maximum Gasteiger partial charge on any atom is 0.416 e. The van der Waals surface area contributed by atoms with E-state index < -0.39 is 21.8 Å². The second kappa shape index (κ2) is 8.47. The molecule has 12 heteroatoms. The first-order valence-corrected chi connectivity index (χ1v) is 10.8. The number of nitrogens with zero attached hydrogens (tertiary/aromatic N) is 3. The van der Waals surface area contributed by atoms with Crippen LogP contribution in [0.2, 0.25) is 0 Å². The highest BCUT2D eigenvalue weighted by Gasteiger charge is 2.30. The number of rotatable bonds is 6. The first-order chi connectivity index (χ1) is 15.7. The molecule has 3 aromatic carbocycles. The number of benzene rings is 3. The Morgan fingerprint density at radius 2 is 1.45 bits per heavy atom. The summed E-state index contributed by atoms with van der Waals surface area (Å²) in [6, 6.07) is 15.8. The number of nitroso groups, excluding NO2 is 1. The number of hydrogen-bond acceptors (Lipinski definition) is 7.